The number of pyridine rings is 3. The Hall–Kier alpha value is -4.29. The second-order valence-corrected chi connectivity index (χ2v) is 8.22. The van der Waals surface area contributed by atoms with Gasteiger partial charge in [0.2, 0.25) is 0 Å². The molecule has 0 unspecified atom stereocenters. The van der Waals surface area contributed by atoms with Gasteiger partial charge in [0, 0.05) is 82.1 Å². The van der Waals surface area contributed by atoms with E-state index in [0.29, 0.717) is 5.69 Å². The molecule has 0 fully saturated rings. The molecule has 0 atom stereocenters. The molecule has 0 aliphatic rings. The van der Waals surface area contributed by atoms with Crippen LogP contribution in [0.5, 0.6) is 0 Å². The first-order valence-corrected chi connectivity index (χ1v) is 11.3. The third-order valence-corrected chi connectivity index (χ3v) is 5.93. The lowest BCUT2D eigenvalue weighted by Gasteiger charge is -2.11. The summed E-state index contributed by atoms with van der Waals surface area (Å²) in [6.07, 6.45) is 11.1. The van der Waals surface area contributed by atoms with Gasteiger partial charge < -0.3 is 16.0 Å². The van der Waals surface area contributed by atoms with Crippen molar-refractivity contribution in [1.29, 1.82) is 0 Å². The van der Waals surface area contributed by atoms with E-state index in [9.17, 15) is 0 Å². The normalized spacial score (nSPS) is 11.1. The number of nitrogen functional groups attached to an aromatic ring is 1. The van der Waals surface area contributed by atoms with Crippen LogP contribution in [-0.2, 0) is 6.54 Å². The second kappa shape index (κ2) is 9.29. The molecule has 0 radical (unpaired) electrons. The van der Waals surface area contributed by atoms with E-state index in [2.05, 4.69) is 57.0 Å². The number of H-pyrrole nitrogens is 1. The van der Waals surface area contributed by atoms with Crippen molar-refractivity contribution in [1.82, 2.24) is 25.3 Å². The van der Waals surface area contributed by atoms with Crippen molar-refractivity contribution in [2.24, 2.45) is 0 Å². The predicted octanol–water partition coefficient (Wildman–Crippen LogP) is 5.44. The molecule has 0 amide bonds. The first-order chi connectivity index (χ1) is 16.6. The minimum absolute atomic E-state index is 0.676. The lowest BCUT2D eigenvalue weighted by Crippen LogP contribution is -2.11. The molecule has 1 aromatic carbocycles. The van der Waals surface area contributed by atoms with Crippen molar-refractivity contribution in [2.45, 2.75) is 13.5 Å². The lowest BCUT2D eigenvalue weighted by atomic mass is 9.96. The molecule has 4 heterocycles. The Kier molecular flexibility index (Phi) is 5.89. The van der Waals surface area contributed by atoms with Crippen molar-refractivity contribution < 1.29 is 0 Å². The molecule has 5 aromatic rings. The first-order valence-electron chi connectivity index (χ1n) is 11.3. The quantitative estimate of drug-likeness (QED) is 0.290. The van der Waals surface area contributed by atoms with Gasteiger partial charge in [0.05, 0.1) is 11.7 Å². The number of fused-ring (bicyclic) bond motifs is 1. The molecule has 5 rings (SSSR count). The van der Waals surface area contributed by atoms with Gasteiger partial charge in [-0.05, 0) is 48.0 Å². The zero-order valence-electron chi connectivity index (χ0n) is 19.0. The average molecular weight is 447 g/mol. The molecule has 4 aromatic heterocycles. The van der Waals surface area contributed by atoms with Gasteiger partial charge in [0.25, 0.3) is 0 Å². The van der Waals surface area contributed by atoms with Crippen LogP contribution < -0.4 is 11.1 Å². The van der Waals surface area contributed by atoms with E-state index in [4.69, 9.17) is 5.73 Å². The molecule has 0 aliphatic heterocycles. The Morgan fingerprint density at radius 1 is 0.941 bits per heavy atom. The summed E-state index contributed by atoms with van der Waals surface area (Å²) < 4.78 is 0. The summed E-state index contributed by atoms with van der Waals surface area (Å²) in [6, 6.07) is 14.2. The number of nitrogens with two attached hydrogens (primary N) is 1. The Balaban J connectivity index is 1.52. The smallest absolute Gasteiger partial charge is 0.0651 e. The lowest BCUT2D eigenvalue weighted by molar-refractivity contribution is 0.724. The summed E-state index contributed by atoms with van der Waals surface area (Å²) in [6.45, 7) is 8.17. The zero-order valence-corrected chi connectivity index (χ0v) is 19.0. The molecule has 0 aliphatic carbocycles. The SMILES string of the molecule is C=C(c1cc2c(-c3cccnc3)cncc2[nH]1)c1cc(-c2cncc(CNCC)c2)ccc1N. The Labute approximate surface area is 198 Å². The van der Waals surface area contributed by atoms with Crippen molar-refractivity contribution in [3.05, 3.63) is 103 Å². The fraction of sp³-hybridized carbons (Fsp3) is 0.107. The summed E-state index contributed by atoms with van der Waals surface area (Å²) in [5, 5.41) is 4.41. The minimum atomic E-state index is 0.676. The van der Waals surface area contributed by atoms with Crippen LogP contribution in [0, 0.1) is 0 Å². The molecule has 34 heavy (non-hydrogen) atoms. The Morgan fingerprint density at radius 3 is 2.62 bits per heavy atom. The predicted molar refractivity (Wildman–Crippen MR) is 139 cm³/mol. The van der Waals surface area contributed by atoms with Crippen molar-refractivity contribution in [3.63, 3.8) is 0 Å². The third-order valence-electron chi connectivity index (χ3n) is 5.93. The van der Waals surface area contributed by atoms with Gasteiger partial charge in [0.1, 0.15) is 0 Å². The van der Waals surface area contributed by atoms with Crippen LogP contribution in [0.2, 0.25) is 0 Å². The molecule has 6 nitrogen and oxygen atoms in total. The number of benzene rings is 1. The highest BCUT2D eigenvalue weighted by atomic mass is 14.8. The summed E-state index contributed by atoms with van der Waals surface area (Å²) in [5.74, 6) is 0. The van der Waals surface area contributed by atoms with E-state index in [1.807, 2.05) is 55.2 Å². The number of rotatable bonds is 7. The largest absolute Gasteiger partial charge is 0.398 e. The molecule has 0 spiro atoms. The third kappa shape index (κ3) is 4.19. The summed E-state index contributed by atoms with van der Waals surface area (Å²) in [7, 11) is 0. The molecule has 6 heteroatoms. The van der Waals surface area contributed by atoms with E-state index >= 15 is 0 Å². The molecule has 0 saturated heterocycles. The first kappa shape index (κ1) is 21.6. The summed E-state index contributed by atoms with van der Waals surface area (Å²) >= 11 is 0. The van der Waals surface area contributed by atoms with Crippen molar-refractivity contribution in [3.8, 4) is 22.3 Å². The molecular formula is C28H26N6. The maximum absolute atomic E-state index is 6.40. The van der Waals surface area contributed by atoms with Crippen molar-refractivity contribution >= 4 is 22.2 Å². The summed E-state index contributed by atoms with van der Waals surface area (Å²) in [4.78, 5) is 16.5. The number of hydrogen-bond donors (Lipinski definition) is 3. The number of nitrogens with one attached hydrogen (secondary N) is 2. The number of nitrogens with zero attached hydrogens (tertiary/aromatic N) is 3. The van der Waals surface area contributed by atoms with Gasteiger partial charge >= 0.3 is 0 Å². The average Bonchev–Trinajstić information content (AvgIpc) is 3.33. The van der Waals surface area contributed by atoms with Gasteiger partial charge in [-0.3, -0.25) is 15.0 Å². The fourth-order valence-electron chi connectivity index (χ4n) is 4.12. The van der Waals surface area contributed by atoms with Gasteiger partial charge in [0.15, 0.2) is 0 Å². The van der Waals surface area contributed by atoms with E-state index in [-0.39, 0.29) is 0 Å². The van der Waals surface area contributed by atoms with E-state index < -0.39 is 0 Å². The van der Waals surface area contributed by atoms with Crippen LogP contribution in [0.1, 0.15) is 23.7 Å². The second-order valence-electron chi connectivity index (χ2n) is 8.22. The molecule has 168 valence electrons. The van der Waals surface area contributed by atoms with Crippen LogP contribution in [0.4, 0.5) is 5.69 Å². The monoisotopic (exact) mass is 446 g/mol. The fourth-order valence-corrected chi connectivity index (χ4v) is 4.12. The maximum Gasteiger partial charge on any atom is 0.0651 e. The molecular weight excluding hydrogens is 420 g/mol. The van der Waals surface area contributed by atoms with Crippen molar-refractivity contribution in [2.75, 3.05) is 12.3 Å². The highest BCUT2D eigenvalue weighted by Gasteiger charge is 2.14. The maximum atomic E-state index is 6.40. The highest BCUT2D eigenvalue weighted by Crippen LogP contribution is 2.34. The van der Waals surface area contributed by atoms with Crippen LogP contribution in [0.25, 0.3) is 38.7 Å². The van der Waals surface area contributed by atoms with Crippen LogP contribution >= 0.6 is 0 Å². The van der Waals surface area contributed by atoms with Crippen LogP contribution in [-0.4, -0.2) is 26.5 Å². The minimum Gasteiger partial charge on any atom is -0.398 e. The number of hydrogen-bond acceptors (Lipinski definition) is 5. The summed E-state index contributed by atoms with van der Waals surface area (Å²) in [5.41, 5.74) is 15.9. The van der Waals surface area contributed by atoms with Gasteiger partial charge in [-0.25, -0.2) is 0 Å². The Morgan fingerprint density at radius 2 is 1.79 bits per heavy atom. The van der Waals surface area contributed by atoms with E-state index in [1.54, 1.807) is 6.20 Å². The Bertz CT molecular complexity index is 1470. The van der Waals surface area contributed by atoms with Crippen LogP contribution in [0.3, 0.4) is 0 Å². The van der Waals surface area contributed by atoms with Gasteiger partial charge in [-0.15, -0.1) is 0 Å². The van der Waals surface area contributed by atoms with Gasteiger partial charge in [-0.1, -0.05) is 25.6 Å². The van der Waals surface area contributed by atoms with E-state index in [0.717, 1.165) is 68.6 Å². The molecule has 0 bridgehead atoms. The van der Waals surface area contributed by atoms with E-state index in [1.165, 1.54) is 0 Å². The highest BCUT2D eigenvalue weighted by molar-refractivity contribution is 5.98. The van der Waals surface area contributed by atoms with Crippen LogP contribution in [0.15, 0.2) is 86.2 Å². The zero-order chi connectivity index (χ0) is 23.5. The molecule has 0 saturated carbocycles. The number of aromatic nitrogens is 4. The topological polar surface area (TPSA) is 92.5 Å². The number of aromatic amines is 1. The van der Waals surface area contributed by atoms with Gasteiger partial charge in [-0.2, -0.15) is 0 Å². The number of anilines is 1. The molecule has 4 N–H and O–H groups in total. The standard InChI is InChI=1S/C28H26N6/c1-3-30-12-19-9-22(15-32-13-19)20-6-7-26(29)23(10-20)18(2)27-11-24-25(16-33-17-28(24)34-27)21-5-4-8-31-14-21/h4-11,13-17,30,34H,2-3,12,29H2,1H3.